The van der Waals surface area contributed by atoms with Gasteiger partial charge in [-0.25, -0.2) is 0 Å². The van der Waals surface area contributed by atoms with Gasteiger partial charge in [0.15, 0.2) is 0 Å². The number of aromatic amines is 2. The van der Waals surface area contributed by atoms with Crippen molar-refractivity contribution in [3.63, 3.8) is 0 Å². The number of hydrogen-bond donors (Lipinski definition) is 19. The molecule has 0 unspecified atom stereocenters. The van der Waals surface area contributed by atoms with Gasteiger partial charge in [0.1, 0.15) is 90.3 Å². The fourth-order valence-electron chi connectivity index (χ4n) is 16.2. The second-order valence-electron chi connectivity index (χ2n) is 34.1. The number of para-hydroxylation sites is 2. The normalized spacial score (nSPS) is 25.0. The number of likely N-dealkylation sites (N-methyl/N-ethyl adjacent to an activating group) is 3. The van der Waals surface area contributed by atoms with Crippen LogP contribution in [0.25, 0.3) is 21.8 Å². The summed E-state index contributed by atoms with van der Waals surface area (Å²) < 4.78 is 0. The highest BCUT2D eigenvalue weighted by molar-refractivity contribution is 8.00. The van der Waals surface area contributed by atoms with Gasteiger partial charge in [-0.2, -0.15) is 0 Å². The second-order valence-corrected chi connectivity index (χ2v) is 35.1. The number of nitrogens with one attached hydrogen (secondary N) is 12. The van der Waals surface area contributed by atoms with Crippen LogP contribution in [0.1, 0.15) is 148 Å². The summed E-state index contributed by atoms with van der Waals surface area (Å²) in [7, 11) is 3.74. The predicted octanol–water partition coefficient (Wildman–Crippen LogP) is -2.43. The first-order chi connectivity index (χ1) is 63.1. The largest absolute Gasteiger partial charge is 0.508 e. The molecule has 133 heavy (non-hydrogen) atoms. The lowest BCUT2D eigenvalue weighted by Crippen LogP contribution is -2.61. The fourth-order valence-corrected chi connectivity index (χ4v) is 17.1. The van der Waals surface area contributed by atoms with E-state index in [9.17, 15) is 83.1 Å². The number of aromatic nitrogens is 2. The van der Waals surface area contributed by atoms with Crippen molar-refractivity contribution in [3.8, 4) is 5.75 Å². The lowest BCUT2D eigenvalue weighted by atomic mass is 9.99. The Hall–Kier alpha value is -13.3. The Morgan fingerprint density at radius 1 is 0.519 bits per heavy atom. The van der Waals surface area contributed by atoms with E-state index in [1.807, 2.05) is 0 Å². The number of thioether (sulfide) groups is 1. The molecule has 3 fully saturated rings. The third-order valence-electron chi connectivity index (χ3n) is 23.7. The Balaban J connectivity index is 1.20. The summed E-state index contributed by atoms with van der Waals surface area (Å²) in [6, 6.07) is -3.86. The molecule has 5 heterocycles. The first kappa shape index (κ1) is 105. The minimum Gasteiger partial charge on any atom is -0.508 e. The van der Waals surface area contributed by atoms with Crippen molar-refractivity contribution in [2.24, 2.45) is 17.4 Å². The van der Waals surface area contributed by atoms with Gasteiger partial charge in [0, 0.05) is 113 Å². The van der Waals surface area contributed by atoms with E-state index in [2.05, 4.69) is 63.1 Å². The molecule has 44 heteroatoms. The quantitative estimate of drug-likeness (QED) is 0.0274. The Kier molecular flexibility index (Phi) is 39.4. The van der Waals surface area contributed by atoms with E-state index < -0.39 is 279 Å². The number of unbranched alkanes of at least 4 members (excludes halogenated alkanes) is 2. The van der Waals surface area contributed by atoms with Crippen molar-refractivity contribution in [1.29, 1.82) is 0 Å². The third kappa shape index (κ3) is 29.6. The zero-order valence-electron chi connectivity index (χ0n) is 75.6. The molecule has 5 aromatic rings. The van der Waals surface area contributed by atoms with Gasteiger partial charge in [-0.15, -0.1) is 11.8 Å². The van der Waals surface area contributed by atoms with Crippen molar-refractivity contribution < 1.29 is 117 Å². The SMILES string of the molecule is CCCC[C@H]1C(=O)N(C)[C@@H](CCCC)C(=O)N[C@@H](CCC(=O)O)C(=O)N[C@H](C(=O)NCC(N)=O)CSCC(=O)N[C@@H](Cc2ccc(O)cc2)C(=O)N(C)[C@@H](C)C(=O)N[C@H](CC(N)=O)C(=O)N2CCC[C@H]2C(=O)N[C@@H](CO)C(=O)N[C@@H](CC(C)C)C(=O)N2C[C@H](O)C[C@H]2C(=O)N[C@@H](Cc2c[nH]c3ccccc23)C(=O)N[C@@H](CCC(=O)O)C(=O)N[C@@H](Cc2c[nH]c3ccccc23)C(=O)N1C. The minimum absolute atomic E-state index is 0.0739. The fraction of sp³-hybridized carbons (Fsp3) is 0.539. The van der Waals surface area contributed by atoms with Crippen LogP contribution in [0.4, 0.5) is 0 Å². The number of carbonyl (C=O) groups excluding carboxylic acids is 17. The van der Waals surface area contributed by atoms with E-state index in [0.29, 0.717) is 63.1 Å². The Morgan fingerprint density at radius 3 is 1.58 bits per heavy atom. The number of phenolic OH excluding ortho intramolecular Hbond substituents is 1. The maximum atomic E-state index is 15.8. The van der Waals surface area contributed by atoms with Gasteiger partial charge >= 0.3 is 11.9 Å². The number of hydrogen-bond acceptors (Lipinski definition) is 23. The first-order valence-electron chi connectivity index (χ1n) is 44.3. The number of aliphatic hydroxyl groups excluding tert-OH is 2. The second kappa shape index (κ2) is 49.8. The average molecular weight is 1880 g/mol. The Morgan fingerprint density at radius 2 is 1.01 bits per heavy atom. The maximum absolute atomic E-state index is 15.8. The van der Waals surface area contributed by atoms with E-state index in [1.54, 1.807) is 88.6 Å². The highest BCUT2D eigenvalue weighted by Gasteiger charge is 2.47. The molecule has 724 valence electrons. The number of nitrogens with zero attached hydrogens (tertiary/aromatic N) is 5. The number of carbonyl (C=O) groups is 19. The van der Waals surface area contributed by atoms with Crippen LogP contribution in [0.5, 0.6) is 5.75 Å². The summed E-state index contributed by atoms with van der Waals surface area (Å²) in [6.07, 6.45) is -2.29. The van der Waals surface area contributed by atoms with Crippen LogP contribution in [0.3, 0.4) is 0 Å². The van der Waals surface area contributed by atoms with Crippen LogP contribution in [-0.2, 0) is 110 Å². The van der Waals surface area contributed by atoms with Crippen LogP contribution in [0.2, 0.25) is 0 Å². The summed E-state index contributed by atoms with van der Waals surface area (Å²) in [5, 5.41) is 79.2. The molecule has 0 bridgehead atoms. The number of carboxylic acid groups (broad SMARTS) is 2. The molecule has 8 rings (SSSR count). The van der Waals surface area contributed by atoms with Crippen molar-refractivity contribution in [2.75, 3.05) is 58.9 Å². The van der Waals surface area contributed by atoms with Crippen molar-refractivity contribution in [1.82, 2.24) is 87.6 Å². The number of amides is 17. The van der Waals surface area contributed by atoms with Gasteiger partial charge in [-0.05, 0) is 98.7 Å². The Labute approximate surface area is 771 Å². The molecule has 3 saturated heterocycles. The monoisotopic (exact) mass is 1870 g/mol. The van der Waals surface area contributed by atoms with Gasteiger partial charge in [0.05, 0.1) is 31.4 Å². The van der Waals surface area contributed by atoms with Crippen LogP contribution in [-0.4, -0.2) is 322 Å². The molecule has 0 aliphatic carbocycles. The zero-order chi connectivity index (χ0) is 97.8. The summed E-state index contributed by atoms with van der Waals surface area (Å²) in [5.41, 5.74) is 13.5. The lowest BCUT2D eigenvalue weighted by Gasteiger charge is -2.36. The van der Waals surface area contributed by atoms with Crippen LogP contribution >= 0.6 is 11.8 Å². The number of aliphatic hydroxyl groups is 2. The van der Waals surface area contributed by atoms with Crippen molar-refractivity contribution in [2.45, 2.75) is 241 Å². The molecule has 21 N–H and O–H groups in total. The molecule has 0 saturated carbocycles. The van der Waals surface area contributed by atoms with Crippen molar-refractivity contribution >= 4 is 146 Å². The minimum atomic E-state index is -1.86. The number of aromatic hydroxyl groups is 1. The highest BCUT2D eigenvalue weighted by atomic mass is 32.2. The van der Waals surface area contributed by atoms with E-state index in [0.717, 1.165) is 24.5 Å². The average Bonchev–Trinajstić information content (AvgIpc) is 1.72. The van der Waals surface area contributed by atoms with E-state index in [1.165, 1.54) is 52.3 Å². The molecule has 0 spiro atoms. The third-order valence-corrected chi connectivity index (χ3v) is 24.7. The van der Waals surface area contributed by atoms with E-state index >= 15 is 33.6 Å². The number of H-pyrrole nitrogens is 2. The molecule has 0 radical (unpaired) electrons. The number of fused-ring (bicyclic) bond motifs is 4. The van der Waals surface area contributed by atoms with Crippen LogP contribution < -0.4 is 64.6 Å². The predicted molar refractivity (Wildman–Crippen MR) is 482 cm³/mol. The maximum Gasteiger partial charge on any atom is 0.303 e. The zero-order valence-corrected chi connectivity index (χ0v) is 76.4. The molecule has 15 atom stereocenters. The number of primary amides is 2. The first-order valence-corrected chi connectivity index (χ1v) is 45.4. The molecule has 2 aromatic heterocycles. The molecule has 3 aromatic carbocycles. The summed E-state index contributed by atoms with van der Waals surface area (Å²) in [5.74, 6) is -22.0. The number of carboxylic acids is 2. The summed E-state index contributed by atoms with van der Waals surface area (Å²) in [4.78, 5) is 285. The molecule has 43 nitrogen and oxygen atoms in total. The number of phenols is 1. The van der Waals surface area contributed by atoms with E-state index in [4.69, 9.17) is 11.5 Å². The topological polar surface area (TPSA) is 646 Å². The van der Waals surface area contributed by atoms with Crippen LogP contribution in [0.15, 0.2) is 85.2 Å². The van der Waals surface area contributed by atoms with Crippen molar-refractivity contribution in [3.05, 3.63) is 102 Å². The molecular weight excluding hydrogens is 1750 g/mol. The van der Waals surface area contributed by atoms with Gasteiger partial charge in [0.25, 0.3) is 0 Å². The highest BCUT2D eigenvalue weighted by Crippen LogP contribution is 2.28. The van der Waals surface area contributed by atoms with Gasteiger partial charge in [0.2, 0.25) is 100 Å². The molecule has 3 aliphatic rings. The van der Waals surface area contributed by atoms with Gasteiger partial charge in [-0.1, -0.05) is 102 Å². The van der Waals surface area contributed by atoms with Gasteiger partial charge < -0.3 is 125 Å². The smallest absolute Gasteiger partial charge is 0.303 e. The number of benzene rings is 3. The molecule has 17 amide bonds. The van der Waals surface area contributed by atoms with Crippen LogP contribution in [0, 0.1) is 5.92 Å². The number of nitrogens with two attached hydrogens (primary N) is 2. The lowest BCUT2D eigenvalue weighted by molar-refractivity contribution is -0.149. The number of aliphatic carboxylic acids is 2. The molecular formula is C89H123N19O24S. The number of rotatable bonds is 26. The standard InChI is InChI=1S/C89H123N19O24S/c1-9-11-22-67-82(125)97-59(30-32-75(117)118)79(122)103-66(77(120)94-42-72(91)113)45-133-46-73(114)95-62(35-49-25-27-52(110)28-26-49)85(128)104(6)48(5)76(119)99-64(39-71(90)112)87(130)107-33-17-24-68(107)83(126)102-65(44-109)81(124)100-61(34-47(3)4)88(131)108-43-53(111)38-70(108)84(127)98-60(36-50-40-92-56-20-15-13-18-54(50)56)80(123)96-58(29-31-74(115)116)78(121)101-63(37-51-41-93-57-21-16-14-19-55(51)57)86(129)106(8)69(23-12-10-2)89(132)105(67)7/h13-16,18-21,25-28,40-41,47-48,53,58-70,92-93,109-111H,9-12,17,22-24,29-39,42-46H2,1-8H3,(H2,90,112)(H2,91,113)(H,94,120)(H,95,114)(H,96,123)(H,97,125)(H,98,127)(H,99,119)(H,100,124)(H,101,121)(H,102,126)(H,103,122)(H,115,116)(H,117,118)/t48-,53+,58-,59-,60-,61-,62-,63-,64+,65-,66-,67-,68-,69-,70-/m0/s1. The molecule has 3 aliphatic heterocycles. The summed E-state index contributed by atoms with van der Waals surface area (Å²) in [6.45, 7) is 5.63. The van der Waals surface area contributed by atoms with E-state index in [-0.39, 0.29) is 76.5 Å². The van der Waals surface area contributed by atoms with Gasteiger partial charge in [-0.3, -0.25) is 91.1 Å². The Bertz CT molecular complexity index is 5050. The summed E-state index contributed by atoms with van der Waals surface area (Å²) >= 11 is 0.692.